The van der Waals surface area contributed by atoms with Crippen LogP contribution in [0.1, 0.15) is 11.3 Å². The van der Waals surface area contributed by atoms with Gasteiger partial charge in [0.1, 0.15) is 5.82 Å². The highest BCUT2D eigenvalue weighted by Crippen LogP contribution is 2.26. The molecule has 60 valence electrons. The summed E-state index contributed by atoms with van der Waals surface area (Å²) in [6, 6.07) is 0. The summed E-state index contributed by atoms with van der Waals surface area (Å²) < 4.78 is 0. The lowest BCUT2D eigenvalue weighted by Gasteiger charge is -2.07. The quantitative estimate of drug-likeness (QED) is 0.622. The Morgan fingerprint density at radius 1 is 1.27 bits per heavy atom. The lowest BCUT2D eigenvalue weighted by Crippen LogP contribution is -2.02. The summed E-state index contributed by atoms with van der Waals surface area (Å²) >= 11 is 5.86. The van der Waals surface area contributed by atoms with E-state index in [0.717, 1.165) is 11.3 Å². The van der Waals surface area contributed by atoms with Crippen LogP contribution in [0.3, 0.4) is 0 Å². The summed E-state index contributed by atoms with van der Waals surface area (Å²) in [5.74, 6) is 0.351. The zero-order chi connectivity index (χ0) is 8.59. The van der Waals surface area contributed by atoms with E-state index in [1.807, 2.05) is 6.92 Å². The summed E-state index contributed by atoms with van der Waals surface area (Å²) in [6.45, 7) is 3.62. The van der Waals surface area contributed by atoms with E-state index in [4.69, 9.17) is 23.1 Å². The van der Waals surface area contributed by atoms with Crippen molar-refractivity contribution in [1.29, 1.82) is 0 Å². The summed E-state index contributed by atoms with van der Waals surface area (Å²) in [7, 11) is 0. The van der Waals surface area contributed by atoms with Crippen LogP contribution in [0.25, 0.3) is 0 Å². The molecule has 0 fully saturated rings. The molecule has 0 aliphatic heterocycles. The number of aromatic nitrogens is 1. The highest BCUT2D eigenvalue weighted by atomic mass is 35.5. The standard InChI is InChI=1S/C7H10ClN3/c1-3-5(8)4(2)11-7(10)6(3)9/h9H2,1-2H3,(H2,10,11). The van der Waals surface area contributed by atoms with E-state index in [1.54, 1.807) is 6.92 Å². The van der Waals surface area contributed by atoms with E-state index in [9.17, 15) is 0 Å². The molecule has 0 aromatic carbocycles. The molecular formula is C7H10ClN3. The highest BCUT2D eigenvalue weighted by Gasteiger charge is 2.07. The van der Waals surface area contributed by atoms with Crippen molar-refractivity contribution >= 4 is 23.1 Å². The summed E-state index contributed by atoms with van der Waals surface area (Å²) in [4.78, 5) is 3.95. The van der Waals surface area contributed by atoms with Gasteiger partial charge < -0.3 is 11.5 Å². The maximum atomic E-state index is 5.86. The molecule has 3 nitrogen and oxygen atoms in total. The van der Waals surface area contributed by atoms with E-state index in [1.165, 1.54) is 0 Å². The molecule has 0 radical (unpaired) electrons. The summed E-state index contributed by atoms with van der Waals surface area (Å²) in [5.41, 5.74) is 13.1. The first-order valence-corrected chi connectivity index (χ1v) is 3.59. The van der Waals surface area contributed by atoms with E-state index >= 15 is 0 Å². The number of anilines is 2. The third-order valence-corrected chi connectivity index (χ3v) is 2.17. The third kappa shape index (κ3) is 1.24. The molecule has 0 spiro atoms. The highest BCUT2D eigenvalue weighted by molar-refractivity contribution is 6.32. The molecule has 0 atom stereocenters. The van der Waals surface area contributed by atoms with Gasteiger partial charge in [0.25, 0.3) is 0 Å². The minimum Gasteiger partial charge on any atom is -0.395 e. The molecule has 0 saturated carbocycles. The second-order valence-corrected chi connectivity index (χ2v) is 2.81. The van der Waals surface area contributed by atoms with Crippen molar-refractivity contribution in [3.63, 3.8) is 0 Å². The van der Waals surface area contributed by atoms with Gasteiger partial charge in [-0.15, -0.1) is 0 Å². The van der Waals surface area contributed by atoms with Crippen molar-refractivity contribution in [3.8, 4) is 0 Å². The molecule has 1 rings (SSSR count). The van der Waals surface area contributed by atoms with Crippen LogP contribution in [0.5, 0.6) is 0 Å². The van der Waals surface area contributed by atoms with Crippen LogP contribution in [-0.2, 0) is 0 Å². The molecule has 0 amide bonds. The van der Waals surface area contributed by atoms with Crippen molar-refractivity contribution in [3.05, 3.63) is 16.3 Å². The lowest BCUT2D eigenvalue weighted by atomic mass is 10.2. The number of rotatable bonds is 0. The Bertz CT molecular complexity index is 270. The van der Waals surface area contributed by atoms with Gasteiger partial charge in [-0.2, -0.15) is 0 Å². The van der Waals surface area contributed by atoms with Crippen LogP contribution < -0.4 is 11.5 Å². The van der Waals surface area contributed by atoms with Gasteiger partial charge in [-0.3, -0.25) is 0 Å². The Kier molecular flexibility index (Phi) is 1.91. The smallest absolute Gasteiger partial charge is 0.147 e. The maximum absolute atomic E-state index is 5.86. The Hall–Kier alpha value is -0.960. The van der Waals surface area contributed by atoms with Crippen molar-refractivity contribution in [2.75, 3.05) is 11.5 Å². The van der Waals surface area contributed by atoms with Crippen LogP contribution in [-0.4, -0.2) is 4.98 Å². The number of nitrogens with zero attached hydrogens (tertiary/aromatic N) is 1. The van der Waals surface area contributed by atoms with Gasteiger partial charge in [0.2, 0.25) is 0 Å². The second kappa shape index (κ2) is 2.58. The topological polar surface area (TPSA) is 64.9 Å². The molecule has 1 aromatic rings. The normalized spacial score (nSPS) is 10.1. The Morgan fingerprint density at radius 2 is 1.82 bits per heavy atom. The Labute approximate surface area is 70.4 Å². The summed E-state index contributed by atoms with van der Waals surface area (Å²) in [5, 5.41) is 0.594. The Morgan fingerprint density at radius 3 is 2.36 bits per heavy atom. The van der Waals surface area contributed by atoms with Gasteiger partial charge >= 0.3 is 0 Å². The zero-order valence-corrected chi connectivity index (χ0v) is 7.24. The van der Waals surface area contributed by atoms with Crippen molar-refractivity contribution in [2.45, 2.75) is 13.8 Å². The fourth-order valence-electron chi connectivity index (χ4n) is 0.872. The molecule has 4 N–H and O–H groups in total. The second-order valence-electron chi connectivity index (χ2n) is 2.44. The van der Waals surface area contributed by atoms with Crippen LogP contribution >= 0.6 is 11.6 Å². The molecule has 1 aromatic heterocycles. The first kappa shape index (κ1) is 8.14. The van der Waals surface area contributed by atoms with Crippen LogP contribution in [0.15, 0.2) is 0 Å². The minimum absolute atomic E-state index is 0.351. The van der Waals surface area contributed by atoms with E-state index < -0.39 is 0 Å². The lowest BCUT2D eigenvalue weighted by molar-refractivity contribution is 1.19. The van der Waals surface area contributed by atoms with Crippen LogP contribution in [0.2, 0.25) is 5.02 Å². The fourth-order valence-corrected chi connectivity index (χ4v) is 1.02. The molecule has 1 heterocycles. The summed E-state index contributed by atoms with van der Waals surface area (Å²) in [6.07, 6.45) is 0. The SMILES string of the molecule is Cc1nc(N)c(N)c(C)c1Cl. The molecular weight excluding hydrogens is 162 g/mol. The van der Waals surface area contributed by atoms with E-state index in [2.05, 4.69) is 4.98 Å². The average molecular weight is 172 g/mol. The number of halogens is 1. The molecule has 11 heavy (non-hydrogen) atoms. The average Bonchev–Trinajstić information content (AvgIpc) is 1.97. The number of nitrogen functional groups attached to an aromatic ring is 2. The number of pyridine rings is 1. The van der Waals surface area contributed by atoms with Gasteiger partial charge in [-0.1, -0.05) is 11.6 Å². The van der Waals surface area contributed by atoms with Gasteiger partial charge in [-0.05, 0) is 19.4 Å². The van der Waals surface area contributed by atoms with E-state index in [-0.39, 0.29) is 0 Å². The van der Waals surface area contributed by atoms with E-state index in [0.29, 0.717) is 16.5 Å². The monoisotopic (exact) mass is 171 g/mol. The van der Waals surface area contributed by atoms with Gasteiger partial charge in [0.15, 0.2) is 0 Å². The largest absolute Gasteiger partial charge is 0.395 e. The number of hydrogen-bond acceptors (Lipinski definition) is 3. The number of nitrogens with two attached hydrogens (primary N) is 2. The van der Waals surface area contributed by atoms with Crippen LogP contribution in [0.4, 0.5) is 11.5 Å². The predicted octanol–water partition coefficient (Wildman–Crippen LogP) is 1.52. The zero-order valence-electron chi connectivity index (χ0n) is 6.48. The van der Waals surface area contributed by atoms with Crippen molar-refractivity contribution < 1.29 is 0 Å². The third-order valence-electron chi connectivity index (χ3n) is 1.62. The fraction of sp³-hybridized carbons (Fsp3) is 0.286. The maximum Gasteiger partial charge on any atom is 0.147 e. The minimum atomic E-state index is 0.351. The van der Waals surface area contributed by atoms with Gasteiger partial charge in [0.05, 0.1) is 16.4 Å². The van der Waals surface area contributed by atoms with Crippen molar-refractivity contribution in [1.82, 2.24) is 4.98 Å². The molecule has 4 heteroatoms. The first-order valence-electron chi connectivity index (χ1n) is 3.21. The molecule has 0 saturated heterocycles. The van der Waals surface area contributed by atoms with Crippen LogP contribution in [0, 0.1) is 13.8 Å². The van der Waals surface area contributed by atoms with Crippen molar-refractivity contribution in [2.24, 2.45) is 0 Å². The molecule has 0 unspecified atom stereocenters. The molecule has 0 aliphatic carbocycles. The van der Waals surface area contributed by atoms with Gasteiger partial charge in [0, 0.05) is 0 Å². The predicted molar refractivity (Wildman–Crippen MR) is 47.5 cm³/mol. The Balaban J connectivity index is 3.46. The first-order chi connectivity index (χ1) is 5.04. The molecule has 0 aliphatic rings. The van der Waals surface area contributed by atoms with Gasteiger partial charge in [-0.25, -0.2) is 4.98 Å². The number of hydrogen-bond donors (Lipinski definition) is 2. The number of aryl methyl sites for hydroxylation is 1. The molecule has 0 bridgehead atoms.